The summed E-state index contributed by atoms with van der Waals surface area (Å²) in [6, 6.07) is 0. The van der Waals surface area contributed by atoms with Gasteiger partial charge in [0.15, 0.2) is 6.10 Å². The van der Waals surface area contributed by atoms with Crippen LogP contribution in [-0.2, 0) is 19.1 Å². The molecule has 2 rings (SSSR count). The lowest BCUT2D eigenvalue weighted by Gasteiger charge is -2.22. The average Bonchev–Trinajstić information content (AvgIpc) is 2.86. The highest BCUT2D eigenvalue weighted by molar-refractivity contribution is 5.78. The van der Waals surface area contributed by atoms with Crippen molar-refractivity contribution >= 4 is 11.9 Å². The maximum atomic E-state index is 11.8. The molecule has 2 atom stereocenters. The molecule has 0 aliphatic carbocycles. The lowest BCUT2D eigenvalue weighted by Crippen LogP contribution is -2.38. The first-order chi connectivity index (χ1) is 8.66. The van der Waals surface area contributed by atoms with Crippen LogP contribution in [0.1, 0.15) is 25.7 Å². The quantitative estimate of drug-likeness (QED) is 0.749. The van der Waals surface area contributed by atoms with Crippen molar-refractivity contribution in [3.05, 3.63) is 0 Å². The van der Waals surface area contributed by atoms with Crippen molar-refractivity contribution in [3.8, 4) is 0 Å². The Morgan fingerprint density at radius 3 is 2.50 bits per heavy atom. The molecule has 0 spiro atoms. The molecule has 2 fully saturated rings. The molecule has 102 valence electrons. The number of rotatable bonds is 4. The number of hydrogen-bond donors (Lipinski definition) is 2. The number of carbonyl (C=O) groups is 2. The van der Waals surface area contributed by atoms with Crippen LogP contribution in [-0.4, -0.2) is 48.9 Å². The Morgan fingerprint density at radius 2 is 1.89 bits per heavy atom. The molecule has 0 aromatic carbocycles. The largest absolute Gasteiger partial charge is 0.479 e. The van der Waals surface area contributed by atoms with Gasteiger partial charge < -0.3 is 19.9 Å². The zero-order valence-electron chi connectivity index (χ0n) is 10.3. The van der Waals surface area contributed by atoms with E-state index in [2.05, 4.69) is 5.32 Å². The summed E-state index contributed by atoms with van der Waals surface area (Å²) in [4.78, 5) is 22.5. The topological polar surface area (TPSA) is 84.9 Å². The molecule has 0 radical (unpaired) electrons. The van der Waals surface area contributed by atoms with E-state index < -0.39 is 12.1 Å². The van der Waals surface area contributed by atoms with E-state index in [9.17, 15) is 9.59 Å². The number of amides is 1. The van der Waals surface area contributed by atoms with Crippen molar-refractivity contribution < 1.29 is 24.2 Å². The summed E-state index contributed by atoms with van der Waals surface area (Å²) in [5.41, 5.74) is 0. The maximum absolute atomic E-state index is 11.8. The minimum atomic E-state index is -0.923. The second-order valence-electron chi connectivity index (χ2n) is 4.79. The summed E-state index contributed by atoms with van der Waals surface area (Å²) in [6.07, 6.45) is 1.84. The Balaban J connectivity index is 1.68. The van der Waals surface area contributed by atoms with E-state index in [1.807, 2.05) is 0 Å². The third-order valence-electron chi connectivity index (χ3n) is 3.48. The Hall–Kier alpha value is -1.14. The van der Waals surface area contributed by atoms with Gasteiger partial charge in [-0.05, 0) is 25.7 Å². The van der Waals surface area contributed by atoms with Crippen LogP contribution in [0.4, 0.5) is 0 Å². The Labute approximate surface area is 106 Å². The minimum absolute atomic E-state index is 0.0235. The number of carboxylic acid groups (broad SMARTS) is 1. The van der Waals surface area contributed by atoms with Crippen LogP contribution in [0.5, 0.6) is 0 Å². The van der Waals surface area contributed by atoms with Gasteiger partial charge in [-0.1, -0.05) is 0 Å². The molecule has 2 aliphatic rings. The second-order valence-corrected chi connectivity index (χ2v) is 4.79. The monoisotopic (exact) mass is 257 g/mol. The first-order valence-corrected chi connectivity index (χ1v) is 6.40. The van der Waals surface area contributed by atoms with Gasteiger partial charge in [-0.25, -0.2) is 4.79 Å². The molecule has 0 bridgehead atoms. The van der Waals surface area contributed by atoms with Crippen LogP contribution in [0.2, 0.25) is 0 Å². The van der Waals surface area contributed by atoms with Crippen LogP contribution in [0.3, 0.4) is 0 Å². The number of ether oxygens (including phenoxy) is 2. The van der Waals surface area contributed by atoms with Gasteiger partial charge in [0.05, 0.1) is 6.10 Å². The van der Waals surface area contributed by atoms with Gasteiger partial charge in [0.2, 0.25) is 5.91 Å². The normalized spacial score (nSPS) is 29.1. The van der Waals surface area contributed by atoms with Crippen LogP contribution >= 0.6 is 0 Å². The lowest BCUT2D eigenvalue weighted by molar-refractivity contribution is -0.149. The third-order valence-corrected chi connectivity index (χ3v) is 3.48. The van der Waals surface area contributed by atoms with Gasteiger partial charge in [-0.3, -0.25) is 4.79 Å². The number of carbonyl (C=O) groups excluding carboxylic acids is 1. The van der Waals surface area contributed by atoms with Crippen LogP contribution in [0, 0.1) is 5.92 Å². The fourth-order valence-electron chi connectivity index (χ4n) is 2.36. The third kappa shape index (κ3) is 3.43. The molecule has 2 unspecified atom stereocenters. The number of aliphatic carboxylic acids is 1. The summed E-state index contributed by atoms with van der Waals surface area (Å²) in [5, 5.41) is 11.6. The Morgan fingerprint density at radius 1 is 1.17 bits per heavy atom. The van der Waals surface area contributed by atoms with E-state index in [0.29, 0.717) is 32.6 Å². The Kier molecular flexibility index (Phi) is 4.54. The summed E-state index contributed by atoms with van der Waals surface area (Å²) in [6.45, 7) is 1.68. The fraction of sp³-hybridized carbons (Fsp3) is 0.833. The molecule has 2 N–H and O–H groups in total. The number of carboxylic acids is 1. The van der Waals surface area contributed by atoms with E-state index >= 15 is 0 Å². The number of hydrogen-bond acceptors (Lipinski definition) is 4. The van der Waals surface area contributed by atoms with Crippen molar-refractivity contribution in [2.75, 3.05) is 19.8 Å². The molecule has 0 aromatic heterocycles. The number of nitrogens with one attached hydrogen (secondary N) is 1. The van der Waals surface area contributed by atoms with Gasteiger partial charge in [0, 0.05) is 25.7 Å². The minimum Gasteiger partial charge on any atom is -0.479 e. The Bertz CT molecular complexity index is 314. The van der Waals surface area contributed by atoms with Gasteiger partial charge in [0.1, 0.15) is 0 Å². The van der Waals surface area contributed by atoms with E-state index in [-0.39, 0.29) is 17.9 Å². The predicted molar refractivity (Wildman–Crippen MR) is 62.1 cm³/mol. The molecule has 2 aliphatic heterocycles. The van der Waals surface area contributed by atoms with Crippen molar-refractivity contribution in [1.82, 2.24) is 5.32 Å². The van der Waals surface area contributed by atoms with Crippen LogP contribution in [0.15, 0.2) is 0 Å². The smallest absolute Gasteiger partial charge is 0.332 e. The second kappa shape index (κ2) is 6.15. The van der Waals surface area contributed by atoms with Gasteiger partial charge >= 0.3 is 5.97 Å². The molecule has 0 aromatic rings. The van der Waals surface area contributed by atoms with Crippen molar-refractivity contribution in [2.45, 2.75) is 37.9 Å². The highest BCUT2D eigenvalue weighted by atomic mass is 16.5. The van der Waals surface area contributed by atoms with Gasteiger partial charge in [0.25, 0.3) is 0 Å². The maximum Gasteiger partial charge on any atom is 0.332 e. The molecular weight excluding hydrogens is 238 g/mol. The highest BCUT2D eigenvalue weighted by Gasteiger charge is 2.31. The molecule has 1 amide bonds. The molecule has 0 saturated carbocycles. The van der Waals surface area contributed by atoms with E-state index in [0.717, 1.165) is 12.8 Å². The zero-order chi connectivity index (χ0) is 13.0. The van der Waals surface area contributed by atoms with Crippen molar-refractivity contribution in [3.63, 3.8) is 0 Å². The standard InChI is InChI=1S/C12H19NO5/c14-11(8-3-5-17-6-4-8)13-7-9-1-2-10(18-9)12(15)16/h8-10H,1-7H2,(H,13,14)(H,15,16). The summed E-state index contributed by atoms with van der Waals surface area (Å²) in [7, 11) is 0. The van der Waals surface area contributed by atoms with E-state index in [4.69, 9.17) is 14.6 Å². The zero-order valence-corrected chi connectivity index (χ0v) is 10.3. The first kappa shape index (κ1) is 13.3. The van der Waals surface area contributed by atoms with E-state index in [1.165, 1.54) is 0 Å². The SMILES string of the molecule is O=C(NCC1CCC(C(=O)O)O1)C1CCOCC1. The van der Waals surface area contributed by atoms with Crippen LogP contribution < -0.4 is 5.32 Å². The molecule has 2 saturated heterocycles. The van der Waals surface area contributed by atoms with Crippen molar-refractivity contribution in [2.24, 2.45) is 5.92 Å². The first-order valence-electron chi connectivity index (χ1n) is 6.40. The van der Waals surface area contributed by atoms with E-state index in [1.54, 1.807) is 0 Å². The highest BCUT2D eigenvalue weighted by Crippen LogP contribution is 2.20. The lowest BCUT2D eigenvalue weighted by atomic mass is 9.99. The summed E-state index contributed by atoms with van der Waals surface area (Å²) < 4.78 is 10.5. The summed E-state index contributed by atoms with van der Waals surface area (Å²) in [5.74, 6) is -0.871. The predicted octanol–water partition coefficient (Wildman–Crippen LogP) is 0.161. The fourth-order valence-corrected chi connectivity index (χ4v) is 2.36. The van der Waals surface area contributed by atoms with Crippen molar-refractivity contribution in [1.29, 1.82) is 0 Å². The molecule has 6 heteroatoms. The molecule has 18 heavy (non-hydrogen) atoms. The molecule has 2 heterocycles. The van der Waals surface area contributed by atoms with Gasteiger partial charge in [-0.15, -0.1) is 0 Å². The summed E-state index contributed by atoms with van der Waals surface area (Å²) >= 11 is 0. The van der Waals surface area contributed by atoms with Gasteiger partial charge in [-0.2, -0.15) is 0 Å². The molecule has 6 nitrogen and oxygen atoms in total. The average molecular weight is 257 g/mol. The molecular formula is C12H19NO5. The van der Waals surface area contributed by atoms with Crippen LogP contribution in [0.25, 0.3) is 0 Å².